The van der Waals surface area contributed by atoms with Gasteiger partial charge in [0, 0.05) is 24.9 Å². The fourth-order valence-electron chi connectivity index (χ4n) is 3.94. The zero-order valence-electron chi connectivity index (χ0n) is 16.1. The monoisotopic (exact) mass is 366 g/mol. The molecule has 0 saturated carbocycles. The van der Waals surface area contributed by atoms with Crippen LogP contribution in [0.5, 0.6) is 0 Å². The number of hydrogen-bond donors (Lipinski definition) is 3. The van der Waals surface area contributed by atoms with Crippen LogP contribution in [0, 0.1) is 12.3 Å². The van der Waals surface area contributed by atoms with Gasteiger partial charge in [0.25, 0.3) is 0 Å². The van der Waals surface area contributed by atoms with Gasteiger partial charge in [-0.25, -0.2) is 9.78 Å². The lowest BCUT2D eigenvalue weighted by molar-refractivity contribution is 0.214. The van der Waals surface area contributed by atoms with E-state index in [1.165, 1.54) is 0 Å². The Kier molecular flexibility index (Phi) is 4.42. The number of fused-ring (bicyclic) bond motifs is 2. The molecule has 3 aromatic rings. The maximum Gasteiger partial charge on any atom is 0.315 e. The van der Waals surface area contributed by atoms with E-state index in [2.05, 4.69) is 34.4 Å². The molecule has 0 saturated heterocycles. The first-order chi connectivity index (χ1) is 12.9. The van der Waals surface area contributed by atoms with E-state index in [1.54, 1.807) is 0 Å². The minimum absolute atomic E-state index is 0.0209. The number of urea groups is 1. The Morgan fingerprint density at radius 2 is 2.19 bits per heavy atom. The summed E-state index contributed by atoms with van der Waals surface area (Å²) >= 11 is 0. The average molecular weight is 366 g/mol. The highest BCUT2D eigenvalue weighted by molar-refractivity contribution is 5.75. The fourth-order valence-corrected chi connectivity index (χ4v) is 3.94. The second-order valence-electron chi connectivity index (χ2n) is 8.18. The fraction of sp³-hybridized carbons (Fsp3) is 0.429. The van der Waals surface area contributed by atoms with Gasteiger partial charge in [0.15, 0.2) is 0 Å². The highest BCUT2D eigenvalue weighted by atomic mass is 16.3. The van der Waals surface area contributed by atoms with Gasteiger partial charge in [0.1, 0.15) is 17.3 Å². The standard InChI is InChI=1S/C21H26N4O2/c1-13-10-14-17(11-21(2,3)12-18(14)27-13)25-20(26)22-9-8-19-23-15-6-4-5-7-16(15)24-19/h4-7,10,17H,8-9,11-12H2,1-3H3,(H,23,24)(H2,22,25,26). The molecule has 0 radical (unpaired) electrons. The number of aromatic amines is 1. The minimum Gasteiger partial charge on any atom is -0.466 e. The summed E-state index contributed by atoms with van der Waals surface area (Å²) in [5.74, 6) is 2.77. The molecule has 142 valence electrons. The number of amides is 2. The third kappa shape index (κ3) is 3.84. The topological polar surface area (TPSA) is 82.9 Å². The molecular weight excluding hydrogens is 340 g/mol. The van der Waals surface area contributed by atoms with E-state index in [9.17, 15) is 4.79 Å². The summed E-state index contributed by atoms with van der Waals surface area (Å²) in [6.45, 7) is 6.90. The van der Waals surface area contributed by atoms with E-state index in [-0.39, 0.29) is 17.5 Å². The maximum absolute atomic E-state index is 12.4. The number of imidazole rings is 1. The lowest BCUT2D eigenvalue weighted by Crippen LogP contribution is -2.42. The number of carbonyl (C=O) groups is 1. The largest absolute Gasteiger partial charge is 0.466 e. The van der Waals surface area contributed by atoms with Crippen LogP contribution in [-0.4, -0.2) is 22.5 Å². The third-order valence-electron chi connectivity index (χ3n) is 5.13. The van der Waals surface area contributed by atoms with Crippen molar-refractivity contribution >= 4 is 17.1 Å². The number of aromatic nitrogens is 2. The maximum atomic E-state index is 12.4. The molecule has 4 rings (SSSR count). The number of nitrogens with one attached hydrogen (secondary N) is 3. The van der Waals surface area contributed by atoms with Gasteiger partial charge in [-0.1, -0.05) is 26.0 Å². The number of aryl methyl sites for hydroxylation is 1. The molecule has 1 atom stereocenters. The van der Waals surface area contributed by atoms with Crippen LogP contribution in [0.3, 0.4) is 0 Å². The third-order valence-corrected chi connectivity index (χ3v) is 5.13. The number of benzene rings is 1. The van der Waals surface area contributed by atoms with Crippen molar-refractivity contribution in [2.24, 2.45) is 5.41 Å². The number of H-pyrrole nitrogens is 1. The number of hydrogen-bond acceptors (Lipinski definition) is 3. The Morgan fingerprint density at radius 3 is 3.00 bits per heavy atom. The summed E-state index contributed by atoms with van der Waals surface area (Å²) < 4.78 is 5.84. The molecule has 3 N–H and O–H groups in total. The van der Waals surface area contributed by atoms with E-state index < -0.39 is 0 Å². The molecule has 0 bridgehead atoms. The van der Waals surface area contributed by atoms with Gasteiger partial charge in [-0.3, -0.25) is 0 Å². The molecule has 2 amide bonds. The molecule has 1 aliphatic rings. The summed E-state index contributed by atoms with van der Waals surface area (Å²) in [7, 11) is 0. The normalized spacial score (nSPS) is 18.3. The lowest BCUT2D eigenvalue weighted by atomic mass is 9.75. The van der Waals surface area contributed by atoms with E-state index >= 15 is 0 Å². The van der Waals surface area contributed by atoms with Crippen LogP contribution in [0.2, 0.25) is 0 Å². The Labute approximate surface area is 158 Å². The van der Waals surface area contributed by atoms with Gasteiger partial charge in [0.05, 0.1) is 17.1 Å². The molecule has 0 aliphatic heterocycles. The Hall–Kier alpha value is -2.76. The van der Waals surface area contributed by atoms with Crippen LogP contribution in [0.25, 0.3) is 11.0 Å². The molecule has 0 fully saturated rings. The zero-order chi connectivity index (χ0) is 19.0. The first kappa shape index (κ1) is 17.6. The van der Waals surface area contributed by atoms with Crippen molar-refractivity contribution in [3.05, 3.63) is 53.2 Å². The van der Waals surface area contributed by atoms with Crippen LogP contribution in [0.4, 0.5) is 4.79 Å². The smallest absolute Gasteiger partial charge is 0.315 e. The van der Waals surface area contributed by atoms with Crippen molar-refractivity contribution in [1.82, 2.24) is 20.6 Å². The molecule has 1 aromatic carbocycles. The van der Waals surface area contributed by atoms with Crippen LogP contribution in [0.1, 0.15) is 49.2 Å². The predicted molar refractivity (Wildman–Crippen MR) is 105 cm³/mol. The number of rotatable bonds is 4. The highest BCUT2D eigenvalue weighted by Crippen LogP contribution is 2.41. The van der Waals surface area contributed by atoms with Gasteiger partial charge in [-0.05, 0) is 37.0 Å². The van der Waals surface area contributed by atoms with Gasteiger partial charge in [-0.2, -0.15) is 0 Å². The number of carbonyl (C=O) groups excluding carboxylic acids is 1. The van der Waals surface area contributed by atoms with Crippen molar-refractivity contribution < 1.29 is 9.21 Å². The Balaban J connectivity index is 1.35. The minimum atomic E-state index is -0.154. The molecule has 1 unspecified atom stereocenters. The van der Waals surface area contributed by atoms with Crippen LogP contribution in [-0.2, 0) is 12.8 Å². The molecule has 6 heteroatoms. The summed E-state index contributed by atoms with van der Waals surface area (Å²) in [4.78, 5) is 20.2. The summed E-state index contributed by atoms with van der Waals surface area (Å²) in [5.41, 5.74) is 3.18. The van der Waals surface area contributed by atoms with Crippen molar-refractivity contribution in [1.29, 1.82) is 0 Å². The summed E-state index contributed by atoms with van der Waals surface area (Å²) in [6, 6.07) is 9.80. The van der Waals surface area contributed by atoms with Crippen molar-refractivity contribution in [2.45, 2.75) is 46.1 Å². The molecule has 6 nitrogen and oxygen atoms in total. The number of furan rings is 1. The van der Waals surface area contributed by atoms with E-state index in [0.717, 1.165) is 46.8 Å². The van der Waals surface area contributed by atoms with E-state index in [0.29, 0.717) is 13.0 Å². The lowest BCUT2D eigenvalue weighted by Gasteiger charge is -2.34. The van der Waals surface area contributed by atoms with E-state index in [4.69, 9.17) is 4.42 Å². The Morgan fingerprint density at radius 1 is 1.37 bits per heavy atom. The van der Waals surface area contributed by atoms with E-state index in [1.807, 2.05) is 37.3 Å². The summed E-state index contributed by atoms with van der Waals surface area (Å²) in [6.07, 6.45) is 2.46. The Bertz CT molecular complexity index is 937. The van der Waals surface area contributed by atoms with Crippen LogP contribution in [0.15, 0.2) is 34.7 Å². The predicted octanol–water partition coefficient (Wildman–Crippen LogP) is 4.02. The number of nitrogens with zero attached hydrogens (tertiary/aromatic N) is 1. The molecule has 2 aromatic heterocycles. The molecule has 0 spiro atoms. The quantitative estimate of drug-likeness (QED) is 0.652. The summed E-state index contributed by atoms with van der Waals surface area (Å²) in [5, 5.41) is 6.06. The molecule has 27 heavy (non-hydrogen) atoms. The SMILES string of the molecule is Cc1cc2c(o1)CC(C)(C)CC2NC(=O)NCCc1nc2ccccc2[nH]1. The zero-order valence-corrected chi connectivity index (χ0v) is 16.1. The van der Waals surface area contributed by atoms with Gasteiger partial charge in [0.2, 0.25) is 0 Å². The molecule has 1 aliphatic carbocycles. The van der Waals surface area contributed by atoms with Gasteiger partial charge in [-0.15, -0.1) is 0 Å². The van der Waals surface area contributed by atoms with Crippen molar-refractivity contribution in [2.75, 3.05) is 6.54 Å². The molecular formula is C21H26N4O2. The van der Waals surface area contributed by atoms with Gasteiger partial charge < -0.3 is 20.0 Å². The second-order valence-corrected chi connectivity index (χ2v) is 8.18. The van der Waals surface area contributed by atoms with Crippen LogP contribution >= 0.6 is 0 Å². The first-order valence-electron chi connectivity index (χ1n) is 9.47. The average Bonchev–Trinajstić information content (AvgIpc) is 3.16. The van der Waals surface area contributed by atoms with Crippen molar-refractivity contribution in [3.8, 4) is 0 Å². The number of para-hydroxylation sites is 2. The second kappa shape index (κ2) is 6.76. The highest BCUT2D eigenvalue weighted by Gasteiger charge is 2.35. The van der Waals surface area contributed by atoms with Crippen LogP contribution < -0.4 is 10.6 Å². The molecule has 2 heterocycles. The van der Waals surface area contributed by atoms with Gasteiger partial charge >= 0.3 is 6.03 Å². The van der Waals surface area contributed by atoms with Crippen molar-refractivity contribution in [3.63, 3.8) is 0 Å². The first-order valence-corrected chi connectivity index (χ1v) is 9.47.